The van der Waals surface area contributed by atoms with Crippen molar-refractivity contribution in [3.8, 4) is 56.4 Å². The summed E-state index contributed by atoms with van der Waals surface area (Å²) in [7, 11) is 0. The van der Waals surface area contributed by atoms with Gasteiger partial charge in [-0.05, 0) is 64.2 Å². The van der Waals surface area contributed by atoms with E-state index in [1.54, 1.807) is 0 Å². The average Bonchev–Trinajstić information content (AvgIpc) is 3.02. The summed E-state index contributed by atoms with van der Waals surface area (Å²) in [6, 6.07) is 45.8. The molecule has 8 rings (SSSR count). The van der Waals surface area contributed by atoms with E-state index in [0.29, 0.717) is 0 Å². The normalized spacial score (nSPS) is 16.1. The van der Waals surface area contributed by atoms with Crippen LogP contribution in [-0.4, -0.2) is 0 Å². The van der Waals surface area contributed by atoms with E-state index in [4.69, 9.17) is 21.3 Å². The number of rotatable bonds is 3. The second kappa shape index (κ2) is 9.06. The SMILES string of the molecule is S=P12c3cc(-c4ccccc4)ccc3Oc3ccc(-c4ccccc4)c(c31)Oc1ccc(-c3ccccc3)cc12. The molecule has 0 spiro atoms. The Balaban J connectivity index is 1.43. The molecular weight excluding hydrogens is 527 g/mol. The summed E-state index contributed by atoms with van der Waals surface area (Å²) in [6.45, 7) is 0. The fourth-order valence-electron chi connectivity index (χ4n) is 5.80. The molecule has 1 unspecified atom stereocenters. The second-order valence-electron chi connectivity index (χ2n) is 10.1. The monoisotopic (exact) mass is 550 g/mol. The predicted octanol–water partition coefficient (Wildman–Crippen LogP) is 8.65. The zero-order valence-corrected chi connectivity index (χ0v) is 23.2. The summed E-state index contributed by atoms with van der Waals surface area (Å²) in [5.41, 5.74) is 6.69. The van der Waals surface area contributed by atoms with Crippen LogP contribution in [0.25, 0.3) is 33.4 Å². The van der Waals surface area contributed by atoms with E-state index in [1.165, 1.54) is 0 Å². The second-order valence-corrected chi connectivity index (χ2v) is 14.3. The van der Waals surface area contributed by atoms with Gasteiger partial charge in [-0.1, -0.05) is 115 Å². The minimum absolute atomic E-state index is 0.786. The lowest BCUT2D eigenvalue weighted by atomic mass is 10.0. The number of hydrogen-bond donors (Lipinski definition) is 0. The van der Waals surface area contributed by atoms with Gasteiger partial charge in [0, 0.05) is 16.2 Å². The Kier molecular flexibility index (Phi) is 5.31. The van der Waals surface area contributed by atoms with E-state index in [9.17, 15) is 0 Å². The molecule has 0 aromatic heterocycles. The minimum atomic E-state index is -2.57. The summed E-state index contributed by atoms with van der Waals surface area (Å²) in [5, 5.41) is 3.13. The van der Waals surface area contributed by atoms with E-state index in [1.807, 2.05) is 18.2 Å². The van der Waals surface area contributed by atoms with Crippen LogP contribution in [0.4, 0.5) is 0 Å². The molecule has 0 saturated heterocycles. The van der Waals surface area contributed by atoms with Gasteiger partial charge in [0.1, 0.15) is 23.0 Å². The summed E-state index contributed by atoms with van der Waals surface area (Å²) in [5.74, 6) is 3.24. The fourth-order valence-corrected chi connectivity index (χ4v) is 10.3. The minimum Gasteiger partial charge on any atom is -0.456 e. The van der Waals surface area contributed by atoms with Crippen molar-refractivity contribution in [2.75, 3.05) is 0 Å². The molecule has 2 aliphatic rings. The maximum absolute atomic E-state index is 6.94. The summed E-state index contributed by atoms with van der Waals surface area (Å²) in [6.07, 6.45) is 0. The van der Waals surface area contributed by atoms with E-state index >= 15 is 0 Å². The average molecular weight is 551 g/mol. The van der Waals surface area contributed by atoms with Crippen LogP contribution in [-0.2, 0) is 11.8 Å². The Morgan fingerprint density at radius 3 is 1.45 bits per heavy atom. The molecule has 0 fully saturated rings. The van der Waals surface area contributed by atoms with Gasteiger partial charge < -0.3 is 9.47 Å². The van der Waals surface area contributed by atoms with Gasteiger partial charge in [0.2, 0.25) is 0 Å². The lowest BCUT2D eigenvalue weighted by Gasteiger charge is -2.38. The third-order valence-electron chi connectivity index (χ3n) is 7.74. The fraction of sp³-hybridized carbons (Fsp3) is 0. The quantitative estimate of drug-likeness (QED) is 0.205. The molecule has 0 bridgehead atoms. The summed E-state index contributed by atoms with van der Waals surface area (Å²) < 4.78 is 13.4. The van der Waals surface area contributed by atoms with Crippen molar-refractivity contribution in [3.05, 3.63) is 140 Å². The van der Waals surface area contributed by atoms with Gasteiger partial charge in [-0.15, -0.1) is 0 Å². The van der Waals surface area contributed by atoms with Crippen LogP contribution < -0.4 is 25.4 Å². The molecule has 0 saturated carbocycles. The van der Waals surface area contributed by atoms with E-state index in [2.05, 4.69) is 121 Å². The highest BCUT2D eigenvalue weighted by Gasteiger charge is 2.44. The van der Waals surface area contributed by atoms with Crippen LogP contribution in [0.2, 0.25) is 0 Å². The Bertz CT molecular complexity index is 1910. The molecule has 4 heteroatoms. The maximum Gasteiger partial charge on any atom is 0.148 e. The lowest BCUT2D eigenvalue weighted by Crippen LogP contribution is -2.35. The van der Waals surface area contributed by atoms with Crippen molar-refractivity contribution in [2.24, 2.45) is 0 Å². The van der Waals surface area contributed by atoms with Crippen molar-refractivity contribution in [1.82, 2.24) is 0 Å². The molecule has 0 radical (unpaired) electrons. The molecule has 0 amide bonds. The number of benzene rings is 6. The van der Waals surface area contributed by atoms with Gasteiger partial charge in [-0.25, -0.2) is 0 Å². The first-order chi connectivity index (χ1) is 19.7. The molecule has 2 nitrogen and oxygen atoms in total. The Morgan fingerprint density at radius 2 is 0.900 bits per heavy atom. The Morgan fingerprint density at radius 1 is 0.425 bits per heavy atom. The van der Waals surface area contributed by atoms with Gasteiger partial charge in [-0.3, -0.25) is 0 Å². The summed E-state index contributed by atoms with van der Waals surface area (Å²) >= 11 is 6.94. The molecule has 6 aromatic rings. The molecule has 0 N–H and O–H groups in total. The van der Waals surface area contributed by atoms with Crippen LogP contribution in [0.1, 0.15) is 0 Å². The topological polar surface area (TPSA) is 18.5 Å². The highest BCUT2D eigenvalue weighted by Crippen LogP contribution is 2.60. The largest absolute Gasteiger partial charge is 0.456 e. The lowest BCUT2D eigenvalue weighted by molar-refractivity contribution is 0.467. The van der Waals surface area contributed by atoms with Crippen molar-refractivity contribution in [3.63, 3.8) is 0 Å². The van der Waals surface area contributed by atoms with Gasteiger partial charge in [-0.2, -0.15) is 0 Å². The smallest absolute Gasteiger partial charge is 0.148 e. The molecule has 0 aliphatic carbocycles. The van der Waals surface area contributed by atoms with Crippen molar-refractivity contribution >= 4 is 33.8 Å². The summed E-state index contributed by atoms with van der Waals surface area (Å²) in [4.78, 5) is 0. The number of fused-ring (bicyclic) bond motifs is 4. The third-order valence-corrected chi connectivity index (χ3v) is 12.6. The molecule has 1 atom stereocenters. The third kappa shape index (κ3) is 3.52. The Labute approximate surface area is 238 Å². The van der Waals surface area contributed by atoms with Gasteiger partial charge in [0.15, 0.2) is 0 Å². The first kappa shape index (κ1) is 23.5. The zero-order chi connectivity index (χ0) is 26.7. The van der Waals surface area contributed by atoms with Crippen molar-refractivity contribution in [1.29, 1.82) is 0 Å². The Hall–Kier alpha value is -4.43. The van der Waals surface area contributed by atoms with Crippen LogP contribution in [0, 0.1) is 0 Å². The maximum atomic E-state index is 6.94. The highest BCUT2D eigenvalue weighted by atomic mass is 32.4. The van der Waals surface area contributed by atoms with Gasteiger partial charge in [0.25, 0.3) is 0 Å². The van der Waals surface area contributed by atoms with Crippen LogP contribution in [0.15, 0.2) is 140 Å². The first-order valence-electron chi connectivity index (χ1n) is 13.3. The molecule has 190 valence electrons. The van der Waals surface area contributed by atoms with E-state index in [-0.39, 0.29) is 0 Å². The molecule has 2 aliphatic heterocycles. The molecule has 2 heterocycles. The van der Waals surface area contributed by atoms with Crippen LogP contribution >= 0.6 is 6.04 Å². The van der Waals surface area contributed by atoms with Gasteiger partial charge >= 0.3 is 0 Å². The zero-order valence-electron chi connectivity index (χ0n) is 21.5. The predicted molar refractivity (Wildman–Crippen MR) is 169 cm³/mol. The van der Waals surface area contributed by atoms with E-state index in [0.717, 1.165) is 72.3 Å². The number of hydrogen-bond acceptors (Lipinski definition) is 3. The van der Waals surface area contributed by atoms with Crippen LogP contribution in [0.5, 0.6) is 23.0 Å². The molecule has 40 heavy (non-hydrogen) atoms. The standard InChI is InChI=1S/C36H23O2PS/c40-39-33-22-27(24-10-4-1-5-11-24)16-19-30(33)37-32-21-18-29(26-14-8-3-9-15-26)35(36(32)39)38-31-20-17-28(23-34(31)39)25-12-6-2-7-13-25/h1-23H. The van der Waals surface area contributed by atoms with Crippen molar-refractivity contribution < 1.29 is 9.47 Å². The molecular formula is C36H23O2PS. The van der Waals surface area contributed by atoms with Crippen LogP contribution in [0.3, 0.4) is 0 Å². The van der Waals surface area contributed by atoms with Gasteiger partial charge in [0.05, 0.1) is 11.3 Å². The molecule has 6 aromatic carbocycles. The number of ether oxygens (including phenoxy) is 2. The first-order valence-corrected chi connectivity index (χ1v) is 16.1. The van der Waals surface area contributed by atoms with Crippen molar-refractivity contribution in [2.45, 2.75) is 0 Å². The highest BCUT2D eigenvalue weighted by molar-refractivity contribution is 8.26. The van der Waals surface area contributed by atoms with E-state index < -0.39 is 6.04 Å².